The third-order valence-corrected chi connectivity index (χ3v) is 4.81. The van der Waals surface area contributed by atoms with Crippen molar-refractivity contribution in [3.63, 3.8) is 0 Å². The Labute approximate surface area is 163 Å². The van der Waals surface area contributed by atoms with E-state index in [1.807, 2.05) is 54.9 Å². The van der Waals surface area contributed by atoms with Gasteiger partial charge in [-0.25, -0.2) is 4.98 Å². The van der Waals surface area contributed by atoms with Crippen LogP contribution in [-0.2, 0) is 7.05 Å². The number of anilines is 1. The molecule has 3 aromatic rings. The Hall–Kier alpha value is -2.68. The number of nitrogens with zero attached hydrogens (tertiary/aromatic N) is 7. The summed E-state index contributed by atoms with van der Waals surface area (Å²) >= 11 is 1.38. The van der Waals surface area contributed by atoms with Gasteiger partial charge in [0.15, 0.2) is 11.0 Å². The van der Waals surface area contributed by atoms with Gasteiger partial charge in [0, 0.05) is 32.6 Å². The van der Waals surface area contributed by atoms with Crippen LogP contribution in [0.4, 0.5) is 5.95 Å². The Morgan fingerprint density at radius 2 is 1.74 bits per heavy atom. The first-order valence-electron chi connectivity index (χ1n) is 8.54. The first kappa shape index (κ1) is 19.1. The fourth-order valence-corrected chi connectivity index (χ4v) is 3.08. The van der Waals surface area contributed by atoms with Gasteiger partial charge in [-0.2, -0.15) is 9.97 Å². The summed E-state index contributed by atoms with van der Waals surface area (Å²) in [5, 5.41) is 9.95. The molecule has 142 valence electrons. The molecule has 0 amide bonds. The van der Waals surface area contributed by atoms with Crippen molar-refractivity contribution in [2.75, 3.05) is 26.1 Å². The highest BCUT2D eigenvalue weighted by Gasteiger charge is 2.16. The van der Waals surface area contributed by atoms with Crippen LogP contribution in [-0.4, -0.2) is 50.9 Å². The van der Waals surface area contributed by atoms with Gasteiger partial charge >= 0.3 is 0 Å². The van der Waals surface area contributed by atoms with Gasteiger partial charge in [-0.15, -0.1) is 10.2 Å². The number of hydrogen-bond donors (Lipinski definition) is 0. The molecule has 0 aliphatic heterocycles. The maximum Gasteiger partial charge on any atom is 0.229 e. The van der Waals surface area contributed by atoms with Gasteiger partial charge < -0.3 is 14.2 Å². The first-order valence-corrected chi connectivity index (χ1v) is 9.35. The SMILES string of the molecule is COc1ccc(-c2nnc(Sc3nc(C(C)C)nc(N(C)C)n3)n2C)cc1. The van der Waals surface area contributed by atoms with Gasteiger partial charge in [0.05, 0.1) is 7.11 Å². The third-order valence-electron chi connectivity index (χ3n) is 3.90. The zero-order valence-corrected chi connectivity index (χ0v) is 17.2. The van der Waals surface area contributed by atoms with Crippen LogP contribution in [0.2, 0.25) is 0 Å². The standard InChI is InChI=1S/C18H23N7OS/c1-11(2)14-19-16(24(3)4)21-17(20-14)27-18-23-22-15(25(18)5)12-7-9-13(26-6)10-8-12/h7-11H,1-6H3. The molecule has 2 heterocycles. The average Bonchev–Trinajstić information content (AvgIpc) is 3.02. The van der Waals surface area contributed by atoms with Crippen LogP contribution < -0.4 is 9.64 Å². The average molecular weight is 385 g/mol. The molecule has 8 nitrogen and oxygen atoms in total. The van der Waals surface area contributed by atoms with E-state index in [1.54, 1.807) is 7.11 Å². The van der Waals surface area contributed by atoms with Crippen molar-refractivity contribution in [3.05, 3.63) is 30.1 Å². The second-order valence-electron chi connectivity index (χ2n) is 6.52. The number of aromatic nitrogens is 6. The Kier molecular flexibility index (Phi) is 5.59. The molecule has 0 atom stereocenters. The minimum Gasteiger partial charge on any atom is -0.497 e. The molecule has 0 aliphatic rings. The third kappa shape index (κ3) is 4.19. The fraction of sp³-hybridized carbons (Fsp3) is 0.389. The van der Waals surface area contributed by atoms with E-state index in [1.165, 1.54) is 11.8 Å². The quantitative estimate of drug-likeness (QED) is 0.640. The van der Waals surface area contributed by atoms with Crippen LogP contribution in [0.3, 0.4) is 0 Å². The summed E-state index contributed by atoms with van der Waals surface area (Å²) in [4.78, 5) is 15.5. The number of rotatable bonds is 6. The summed E-state index contributed by atoms with van der Waals surface area (Å²) in [6.45, 7) is 4.13. The molecule has 0 N–H and O–H groups in total. The summed E-state index contributed by atoms with van der Waals surface area (Å²) in [6, 6.07) is 7.73. The minimum absolute atomic E-state index is 0.209. The van der Waals surface area contributed by atoms with Gasteiger partial charge in [0.2, 0.25) is 11.1 Å². The predicted octanol–water partition coefficient (Wildman–Crippen LogP) is 3.02. The van der Waals surface area contributed by atoms with Crippen molar-refractivity contribution in [1.29, 1.82) is 0 Å². The minimum atomic E-state index is 0.209. The monoisotopic (exact) mass is 385 g/mol. The van der Waals surface area contributed by atoms with E-state index in [0.29, 0.717) is 16.3 Å². The molecule has 0 saturated heterocycles. The molecular weight excluding hydrogens is 362 g/mol. The lowest BCUT2D eigenvalue weighted by Crippen LogP contribution is -2.15. The number of methoxy groups -OCH3 is 1. The normalized spacial score (nSPS) is 11.1. The summed E-state index contributed by atoms with van der Waals surface area (Å²) in [5.74, 6) is 3.17. The van der Waals surface area contributed by atoms with E-state index in [-0.39, 0.29) is 5.92 Å². The van der Waals surface area contributed by atoms with Crippen LogP contribution in [0.15, 0.2) is 34.6 Å². The molecule has 0 saturated carbocycles. The van der Waals surface area contributed by atoms with Gasteiger partial charge in [-0.3, -0.25) is 0 Å². The van der Waals surface area contributed by atoms with Crippen LogP contribution in [0, 0.1) is 0 Å². The topological polar surface area (TPSA) is 81.8 Å². The van der Waals surface area contributed by atoms with Crippen LogP contribution in [0.1, 0.15) is 25.6 Å². The van der Waals surface area contributed by atoms with Crippen molar-refractivity contribution in [2.45, 2.75) is 30.1 Å². The summed E-state index contributed by atoms with van der Waals surface area (Å²) < 4.78 is 7.14. The highest BCUT2D eigenvalue weighted by molar-refractivity contribution is 7.99. The molecule has 3 rings (SSSR count). The lowest BCUT2D eigenvalue weighted by Gasteiger charge is -2.13. The van der Waals surface area contributed by atoms with Crippen LogP contribution in [0.25, 0.3) is 11.4 Å². The Balaban J connectivity index is 1.91. The van der Waals surface area contributed by atoms with Gasteiger partial charge in [-0.05, 0) is 36.0 Å². The Morgan fingerprint density at radius 3 is 2.33 bits per heavy atom. The molecule has 2 aromatic heterocycles. The molecule has 0 radical (unpaired) electrons. The first-order chi connectivity index (χ1) is 12.9. The summed E-state index contributed by atoms with van der Waals surface area (Å²) in [6.07, 6.45) is 0. The van der Waals surface area contributed by atoms with Crippen LogP contribution >= 0.6 is 11.8 Å². The molecule has 0 bridgehead atoms. The Bertz CT molecular complexity index is 896. The largest absolute Gasteiger partial charge is 0.497 e. The maximum absolute atomic E-state index is 5.21. The highest BCUT2D eigenvalue weighted by atomic mass is 32.2. The maximum atomic E-state index is 5.21. The number of hydrogen-bond acceptors (Lipinski definition) is 8. The molecule has 9 heteroatoms. The Morgan fingerprint density at radius 1 is 1.04 bits per heavy atom. The van der Waals surface area contributed by atoms with Crippen molar-refractivity contribution < 1.29 is 4.74 Å². The van der Waals surface area contributed by atoms with E-state index in [4.69, 9.17) is 4.74 Å². The lowest BCUT2D eigenvalue weighted by molar-refractivity contribution is 0.415. The second kappa shape index (κ2) is 7.91. The van der Waals surface area contributed by atoms with E-state index in [2.05, 4.69) is 39.0 Å². The van der Waals surface area contributed by atoms with Crippen molar-refractivity contribution >= 4 is 17.7 Å². The summed E-state index contributed by atoms with van der Waals surface area (Å²) in [5.41, 5.74) is 0.963. The lowest BCUT2D eigenvalue weighted by atomic mass is 10.2. The van der Waals surface area contributed by atoms with E-state index in [9.17, 15) is 0 Å². The second-order valence-corrected chi connectivity index (χ2v) is 7.46. The van der Waals surface area contributed by atoms with Crippen molar-refractivity contribution in [3.8, 4) is 17.1 Å². The van der Waals surface area contributed by atoms with Crippen molar-refractivity contribution in [1.82, 2.24) is 29.7 Å². The smallest absolute Gasteiger partial charge is 0.229 e. The van der Waals surface area contributed by atoms with Crippen LogP contribution in [0.5, 0.6) is 5.75 Å². The molecule has 0 spiro atoms. The molecule has 0 unspecified atom stereocenters. The predicted molar refractivity (Wildman–Crippen MR) is 105 cm³/mol. The van der Waals surface area contributed by atoms with E-state index < -0.39 is 0 Å². The van der Waals surface area contributed by atoms with Gasteiger partial charge in [-0.1, -0.05) is 13.8 Å². The molecule has 0 aliphatic carbocycles. The van der Waals surface area contributed by atoms with Gasteiger partial charge in [0.1, 0.15) is 11.6 Å². The molecule has 27 heavy (non-hydrogen) atoms. The molecule has 1 aromatic carbocycles. The summed E-state index contributed by atoms with van der Waals surface area (Å²) in [7, 11) is 7.41. The molecular formula is C18H23N7OS. The highest BCUT2D eigenvalue weighted by Crippen LogP contribution is 2.28. The molecule has 0 fully saturated rings. The zero-order chi connectivity index (χ0) is 19.6. The number of benzene rings is 1. The van der Waals surface area contributed by atoms with E-state index >= 15 is 0 Å². The van der Waals surface area contributed by atoms with E-state index in [0.717, 1.165) is 23.0 Å². The van der Waals surface area contributed by atoms with Gasteiger partial charge in [0.25, 0.3) is 0 Å². The van der Waals surface area contributed by atoms with Crippen molar-refractivity contribution in [2.24, 2.45) is 7.05 Å². The zero-order valence-electron chi connectivity index (χ0n) is 16.3. The fourth-order valence-electron chi connectivity index (χ4n) is 2.34. The number of ether oxygens (including phenoxy) is 1.